The largest absolute Gasteiger partial charge is 0.430 e. The Morgan fingerprint density at radius 2 is 1.57 bits per heavy atom. The van der Waals surface area contributed by atoms with E-state index in [-0.39, 0.29) is 0 Å². The second-order valence-corrected chi connectivity index (χ2v) is 6.47. The first-order chi connectivity index (χ1) is 2.94. The van der Waals surface area contributed by atoms with E-state index >= 15 is 0 Å². The standard InChI is InChI=1S/C4H12O2Si/c1-4(5)7(2,3)6/h4-6H,1-3H3. The highest BCUT2D eigenvalue weighted by atomic mass is 28.4. The Labute approximate surface area is 44.9 Å². The van der Waals surface area contributed by atoms with Crippen LogP contribution >= 0.6 is 0 Å². The number of hydrogen-bond donors (Lipinski definition) is 2. The van der Waals surface area contributed by atoms with Crippen LogP contribution in [0.2, 0.25) is 13.1 Å². The molecule has 7 heavy (non-hydrogen) atoms. The third kappa shape index (κ3) is 2.79. The Morgan fingerprint density at radius 1 is 1.43 bits per heavy atom. The van der Waals surface area contributed by atoms with Gasteiger partial charge in [-0.2, -0.15) is 0 Å². The van der Waals surface area contributed by atoms with E-state index < -0.39 is 14.0 Å². The first-order valence-electron chi connectivity index (χ1n) is 2.35. The summed E-state index contributed by atoms with van der Waals surface area (Å²) in [5.41, 5.74) is -0.507. The molecule has 0 aromatic carbocycles. The molecule has 0 aliphatic heterocycles. The molecule has 1 unspecified atom stereocenters. The van der Waals surface area contributed by atoms with E-state index in [1.807, 2.05) is 0 Å². The van der Waals surface area contributed by atoms with Crippen molar-refractivity contribution in [3.05, 3.63) is 0 Å². The van der Waals surface area contributed by atoms with Crippen molar-refractivity contribution >= 4 is 8.32 Å². The number of rotatable bonds is 1. The Morgan fingerprint density at radius 3 is 1.57 bits per heavy atom. The van der Waals surface area contributed by atoms with Crippen LogP contribution in [0.25, 0.3) is 0 Å². The van der Waals surface area contributed by atoms with E-state index in [0.717, 1.165) is 0 Å². The molecule has 2 N–H and O–H groups in total. The van der Waals surface area contributed by atoms with Crippen LogP contribution in [-0.4, -0.2) is 23.9 Å². The van der Waals surface area contributed by atoms with Crippen LogP contribution in [0.4, 0.5) is 0 Å². The molecule has 3 heteroatoms. The summed E-state index contributed by atoms with van der Waals surface area (Å²) in [6.45, 7) is 5.03. The average Bonchev–Trinajstić information content (AvgIpc) is 1.31. The molecule has 0 fully saturated rings. The molecule has 0 amide bonds. The topological polar surface area (TPSA) is 40.5 Å². The van der Waals surface area contributed by atoms with Crippen molar-refractivity contribution in [3.63, 3.8) is 0 Å². The lowest BCUT2D eigenvalue weighted by molar-refractivity contribution is 0.241. The summed E-state index contributed by atoms with van der Waals surface area (Å²) in [5, 5.41) is 8.70. The van der Waals surface area contributed by atoms with E-state index in [9.17, 15) is 0 Å². The zero-order valence-electron chi connectivity index (χ0n) is 4.97. The number of aliphatic hydroxyl groups excluding tert-OH is 1. The fourth-order valence-electron chi connectivity index (χ4n) is 0. The molecule has 0 heterocycles. The molecule has 0 aliphatic carbocycles. The van der Waals surface area contributed by atoms with Gasteiger partial charge in [0.1, 0.15) is 0 Å². The molecule has 44 valence electrons. The van der Waals surface area contributed by atoms with E-state index in [4.69, 9.17) is 9.90 Å². The summed E-state index contributed by atoms with van der Waals surface area (Å²) in [7, 11) is -2.18. The van der Waals surface area contributed by atoms with Crippen LogP contribution < -0.4 is 0 Å². The molecule has 0 saturated heterocycles. The number of aliphatic hydroxyl groups is 1. The Balaban J connectivity index is 3.54. The van der Waals surface area contributed by atoms with Crippen LogP contribution in [0.5, 0.6) is 0 Å². The lowest BCUT2D eigenvalue weighted by Crippen LogP contribution is -2.39. The van der Waals surface area contributed by atoms with E-state index in [0.29, 0.717) is 0 Å². The van der Waals surface area contributed by atoms with E-state index in [1.165, 1.54) is 0 Å². The van der Waals surface area contributed by atoms with Gasteiger partial charge in [-0.05, 0) is 20.0 Å². The van der Waals surface area contributed by atoms with Crippen LogP contribution in [-0.2, 0) is 0 Å². The second kappa shape index (κ2) is 1.94. The van der Waals surface area contributed by atoms with Crippen LogP contribution in [0.1, 0.15) is 6.92 Å². The summed E-state index contributed by atoms with van der Waals surface area (Å²) in [6.07, 6.45) is 0. The minimum absolute atomic E-state index is 0.507. The van der Waals surface area contributed by atoms with Crippen molar-refractivity contribution in [2.75, 3.05) is 0 Å². The van der Waals surface area contributed by atoms with Gasteiger partial charge >= 0.3 is 0 Å². The van der Waals surface area contributed by atoms with Crippen LogP contribution in [0.15, 0.2) is 0 Å². The quantitative estimate of drug-likeness (QED) is 0.482. The average molecular weight is 120 g/mol. The van der Waals surface area contributed by atoms with Gasteiger partial charge in [-0.15, -0.1) is 0 Å². The predicted octanol–water partition coefficient (Wildman–Crippen LogP) is 0.104. The Kier molecular flexibility index (Phi) is 1.98. The van der Waals surface area contributed by atoms with E-state index in [2.05, 4.69) is 0 Å². The molecular weight excluding hydrogens is 108 g/mol. The smallest absolute Gasteiger partial charge is 0.210 e. The maximum atomic E-state index is 8.98. The highest BCUT2D eigenvalue weighted by Crippen LogP contribution is 2.00. The predicted molar refractivity (Wildman–Crippen MR) is 31.4 cm³/mol. The van der Waals surface area contributed by atoms with Gasteiger partial charge in [0.15, 0.2) is 0 Å². The fourth-order valence-corrected chi connectivity index (χ4v) is 0. The minimum atomic E-state index is -2.18. The van der Waals surface area contributed by atoms with Gasteiger partial charge in [0.25, 0.3) is 0 Å². The van der Waals surface area contributed by atoms with Crippen molar-refractivity contribution in [3.8, 4) is 0 Å². The molecule has 0 rings (SSSR count). The molecular formula is C4H12O2Si. The summed E-state index contributed by atoms with van der Waals surface area (Å²) in [5.74, 6) is 0. The summed E-state index contributed by atoms with van der Waals surface area (Å²) >= 11 is 0. The maximum Gasteiger partial charge on any atom is 0.210 e. The van der Waals surface area contributed by atoms with Crippen molar-refractivity contribution in [2.24, 2.45) is 0 Å². The molecule has 0 aliphatic rings. The lowest BCUT2D eigenvalue weighted by atomic mass is 10.9. The maximum absolute atomic E-state index is 8.98. The van der Waals surface area contributed by atoms with Gasteiger partial charge in [0.05, 0.1) is 5.73 Å². The molecule has 0 radical (unpaired) electrons. The van der Waals surface area contributed by atoms with Gasteiger partial charge in [-0.3, -0.25) is 0 Å². The fraction of sp³-hybridized carbons (Fsp3) is 1.00. The van der Waals surface area contributed by atoms with Crippen molar-refractivity contribution in [2.45, 2.75) is 25.7 Å². The molecule has 0 spiro atoms. The van der Waals surface area contributed by atoms with Crippen molar-refractivity contribution in [1.82, 2.24) is 0 Å². The second-order valence-electron chi connectivity index (χ2n) is 2.33. The van der Waals surface area contributed by atoms with Crippen LogP contribution in [0, 0.1) is 0 Å². The third-order valence-electron chi connectivity index (χ3n) is 1.02. The molecule has 1 atom stereocenters. The zero-order valence-corrected chi connectivity index (χ0v) is 5.97. The zero-order chi connectivity index (χ0) is 6.08. The first kappa shape index (κ1) is 7.14. The monoisotopic (exact) mass is 120 g/mol. The van der Waals surface area contributed by atoms with Crippen molar-refractivity contribution in [1.29, 1.82) is 0 Å². The van der Waals surface area contributed by atoms with Gasteiger partial charge in [0, 0.05) is 0 Å². The summed E-state index contributed by atoms with van der Waals surface area (Å²) in [6, 6.07) is 0. The molecule has 0 aromatic heterocycles. The van der Waals surface area contributed by atoms with Crippen LogP contribution in [0.3, 0.4) is 0 Å². The van der Waals surface area contributed by atoms with Gasteiger partial charge < -0.3 is 9.90 Å². The van der Waals surface area contributed by atoms with Gasteiger partial charge in [0.2, 0.25) is 8.32 Å². The molecule has 0 saturated carbocycles. The SMILES string of the molecule is CC(O)[Si](C)(C)O. The lowest BCUT2D eigenvalue weighted by Gasteiger charge is -2.16. The molecule has 2 nitrogen and oxygen atoms in total. The highest BCUT2D eigenvalue weighted by Gasteiger charge is 2.22. The molecule has 0 aromatic rings. The Bertz CT molecular complexity index is 55.2. The first-order valence-corrected chi connectivity index (χ1v) is 5.37. The molecule has 0 bridgehead atoms. The number of hydrogen-bond acceptors (Lipinski definition) is 2. The highest BCUT2D eigenvalue weighted by molar-refractivity contribution is 6.70. The summed E-state index contributed by atoms with van der Waals surface area (Å²) in [4.78, 5) is 8.98. The van der Waals surface area contributed by atoms with Crippen molar-refractivity contribution < 1.29 is 9.90 Å². The minimum Gasteiger partial charge on any atom is -0.430 e. The van der Waals surface area contributed by atoms with E-state index in [1.54, 1.807) is 20.0 Å². The van der Waals surface area contributed by atoms with Gasteiger partial charge in [-0.25, -0.2) is 0 Å². The summed E-state index contributed by atoms with van der Waals surface area (Å²) < 4.78 is 0. The third-order valence-corrected chi connectivity index (χ3v) is 3.07. The normalized spacial score (nSPS) is 16.7. The Hall–Kier alpha value is 0.137. The van der Waals surface area contributed by atoms with Gasteiger partial charge in [-0.1, -0.05) is 0 Å².